The number of aromatic amines is 1. The summed E-state index contributed by atoms with van der Waals surface area (Å²) in [6.07, 6.45) is 1.01. The van der Waals surface area contributed by atoms with Crippen molar-refractivity contribution in [3.05, 3.63) is 78.5 Å². The van der Waals surface area contributed by atoms with Crippen LogP contribution in [0, 0.1) is 0 Å². The van der Waals surface area contributed by atoms with Crippen molar-refractivity contribution in [1.82, 2.24) is 4.98 Å². The van der Waals surface area contributed by atoms with Crippen LogP contribution in [0.15, 0.2) is 72.9 Å². The predicted octanol–water partition coefficient (Wildman–Crippen LogP) is 4.43. The fraction of sp³-hybridized carbons (Fsp3) is 0.130. The summed E-state index contributed by atoms with van der Waals surface area (Å²) in [6.45, 7) is 1.58. The van der Waals surface area contributed by atoms with Gasteiger partial charge in [-0.2, -0.15) is 0 Å². The van der Waals surface area contributed by atoms with Crippen LogP contribution in [-0.4, -0.2) is 23.0 Å². The zero-order chi connectivity index (χ0) is 19.5. The van der Waals surface area contributed by atoms with Crippen LogP contribution in [0.4, 0.5) is 5.69 Å². The molecule has 5 heteroatoms. The predicted molar refractivity (Wildman–Crippen MR) is 110 cm³/mol. The first-order chi connectivity index (χ1) is 13.6. The summed E-state index contributed by atoms with van der Waals surface area (Å²) in [7, 11) is 0. The number of esters is 1. The van der Waals surface area contributed by atoms with Gasteiger partial charge in [0.05, 0.1) is 6.42 Å². The van der Waals surface area contributed by atoms with E-state index in [-0.39, 0.29) is 12.3 Å². The number of para-hydroxylation sites is 1. The second kappa shape index (κ2) is 7.56. The molecule has 140 valence electrons. The van der Waals surface area contributed by atoms with Crippen molar-refractivity contribution in [1.29, 1.82) is 0 Å². The number of aromatic nitrogens is 1. The molecule has 0 saturated heterocycles. The molecule has 0 saturated carbocycles. The normalized spacial score (nSPS) is 12.0. The lowest BCUT2D eigenvalue weighted by molar-refractivity contribution is -0.152. The van der Waals surface area contributed by atoms with Crippen molar-refractivity contribution in [3.8, 4) is 0 Å². The van der Waals surface area contributed by atoms with Crippen LogP contribution in [0.25, 0.3) is 21.7 Å². The molecule has 1 heterocycles. The number of hydrogen-bond acceptors (Lipinski definition) is 3. The highest BCUT2D eigenvalue weighted by molar-refractivity contribution is 6.03. The van der Waals surface area contributed by atoms with Crippen molar-refractivity contribution >= 4 is 39.2 Å². The van der Waals surface area contributed by atoms with Crippen LogP contribution in [0.5, 0.6) is 0 Å². The van der Waals surface area contributed by atoms with E-state index >= 15 is 0 Å². The number of nitrogens with one attached hydrogen (secondary N) is 2. The van der Waals surface area contributed by atoms with Crippen LogP contribution in [-0.2, 0) is 20.7 Å². The molecular formula is C23H20N2O3. The Hall–Kier alpha value is -3.60. The molecule has 1 aromatic heterocycles. The number of benzene rings is 3. The van der Waals surface area contributed by atoms with E-state index in [4.69, 9.17) is 4.74 Å². The molecule has 0 aliphatic carbocycles. The van der Waals surface area contributed by atoms with Crippen LogP contribution in [0.2, 0.25) is 0 Å². The third-order valence-corrected chi connectivity index (χ3v) is 4.73. The van der Waals surface area contributed by atoms with Crippen molar-refractivity contribution in [3.63, 3.8) is 0 Å². The van der Waals surface area contributed by atoms with Crippen LogP contribution in [0.3, 0.4) is 0 Å². The van der Waals surface area contributed by atoms with Crippen LogP contribution in [0.1, 0.15) is 12.5 Å². The molecule has 0 fully saturated rings. The molecule has 0 radical (unpaired) electrons. The van der Waals surface area contributed by atoms with Gasteiger partial charge in [-0.25, -0.2) is 0 Å². The average Bonchev–Trinajstić information content (AvgIpc) is 3.11. The monoisotopic (exact) mass is 372 g/mol. The molecular weight excluding hydrogens is 352 g/mol. The van der Waals surface area contributed by atoms with Crippen LogP contribution >= 0.6 is 0 Å². The lowest BCUT2D eigenvalue weighted by Gasteiger charge is -2.14. The number of rotatable bonds is 5. The first kappa shape index (κ1) is 17.8. The second-order valence-corrected chi connectivity index (χ2v) is 6.68. The van der Waals surface area contributed by atoms with Gasteiger partial charge in [-0.1, -0.05) is 54.6 Å². The Balaban J connectivity index is 1.42. The maximum Gasteiger partial charge on any atom is 0.311 e. The standard InChI is InChI=1S/C23H20N2O3/c1-15(23(27)25-21-12-6-8-16-7-2-3-9-18(16)21)28-22(26)13-17-14-24-20-11-5-4-10-19(17)20/h2-12,14-15,24H,13H2,1H3,(H,25,27)/t15-/m0/s1. The van der Waals surface area contributed by atoms with Crippen molar-refractivity contribution in [2.24, 2.45) is 0 Å². The third kappa shape index (κ3) is 3.60. The molecule has 1 atom stereocenters. The van der Waals surface area contributed by atoms with Gasteiger partial charge in [0.2, 0.25) is 0 Å². The average molecular weight is 372 g/mol. The van der Waals surface area contributed by atoms with Gasteiger partial charge >= 0.3 is 5.97 Å². The summed E-state index contributed by atoms with van der Waals surface area (Å²) in [4.78, 5) is 28.0. The van der Waals surface area contributed by atoms with E-state index < -0.39 is 12.1 Å². The number of amides is 1. The summed E-state index contributed by atoms with van der Waals surface area (Å²) in [5, 5.41) is 5.81. The Morgan fingerprint density at radius 1 is 0.964 bits per heavy atom. The lowest BCUT2D eigenvalue weighted by Crippen LogP contribution is -2.30. The number of anilines is 1. The maximum atomic E-state index is 12.5. The molecule has 0 unspecified atom stereocenters. The highest BCUT2D eigenvalue weighted by Gasteiger charge is 2.19. The Kier molecular flexibility index (Phi) is 4.81. The summed E-state index contributed by atoms with van der Waals surface area (Å²) in [5.74, 6) is -0.797. The Labute approximate surface area is 162 Å². The number of fused-ring (bicyclic) bond motifs is 2. The summed E-state index contributed by atoms with van der Waals surface area (Å²) in [6, 6.07) is 21.2. The van der Waals surface area contributed by atoms with Gasteiger partial charge in [0, 0.05) is 28.2 Å². The van der Waals surface area contributed by atoms with Crippen molar-refractivity contribution in [2.75, 3.05) is 5.32 Å². The second-order valence-electron chi connectivity index (χ2n) is 6.68. The first-order valence-corrected chi connectivity index (χ1v) is 9.15. The maximum absolute atomic E-state index is 12.5. The number of carbonyl (C=O) groups excluding carboxylic acids is 2. The van der Waals surface area contributed by atoms with Gasteiger partial charge in [0.15, 0.2) is 6.10 Å². The molecule has 1 amide bonds. The van der Waals surface area contributed by atoms with E-state index in [2.05, 4.69) is 10.3 Å². The molecule has 0 aliphatic heterocycles. The Morgan fingerprint density at radius 3 is 2.54 bits per heavy atom. The summed E-state index contributed by atoms with van der Waals surface area (Å²) >= 11 is 0. The smallest absolute Gasteiger partial charge is 0.311 e. The minimum Gasteiger partial charge on any atom is -0.452 e. The van der Waals surface area contributed by atoms with Gasteiger partial charge < -0.3 is 15.0 Å². The first-order valence-electron chi connectivity index (χ1n) is 9.15. The SMILES string of the molecule is C[C@H](OC(=O)Cc1c[nH]c2ccccc12)C(=O)Nc1cccc2ccccc12. The van der Waals surface area contributed by atoms with Gasteiger partial charge in [-0.05, 0) is 30.0 Å². The summed E-state index contributed by atoms with van der Waals surface area (Å²) < 4.78 is 5.35. The molecule has 28 heavy (non-hydrogen) atoms. The minimum atomic E-state index is -0.892. The number of hydrogen-bond donors (Lipinski definition) is 2. The zero-order valence-corrected chi connectivity index (χ0v) is 15.4. The highest BCUT2D eigenvalue weighted by Crippen LogP contribution is 2.23. The van der Waals surface area contributed by atoms with Crippen LogP contribution < -0.4 is 5.32 Å². The van der Waals surface area contributed by atoms with E-state index in [0.29, 0.717) is 5.69 Å². The van der Waals surface area contributed by atoms with E-state index in [1.54, 1.807) is 13.1 Å². The van der Waals surface area contributed by atoms with E-state index in [1.807, 2.05) is 66.7 Å². The van der Waals surface area contributed by atoms with Gasteiger partial charge in [-0.3, -0.25) is 9.59 Å². The molecule has 4 aromatic rings. The molecule has 2 N–H and O–H groups in total. The highest BCUT2D eigenvalue weighted by atomic mass is 16.5. The molecule has 5 nitrogen and oxygen atoms in total. The zero-order valence-electron chi connectivity index (χ0n) is 15.4. The Morgan fingerprint density at radius 2 is 1.68 bits per heavy atom. The van der Waals surface area contributed by atoms with Crippen molar-refractivity contribution < 1.29 is 14.3 Å². The fourth-order valence-corrected chi connectivity index (χ4v) is 3.29. The van der Waals surface area contributed by atoms with Gasteiger partial charge in [-0.15, -0.1) is 0 Å². The lowest BCUT2D eigenvalue weighted by atomic mass is 10.1. The molecule has 0 spiro atoms. The molecule has 0 aliphatic rings. The largest absolute Gasteiger partial charge is 0.452 e. The quantitative estimate of drug-likeness (QED) is 0.509. The minimum absolute atomic E-state index is 0.107. The van der Waals surface area contributed by atoms with Gasteiger partial charge in [0.1, 0.15) is 0 Å². The molecule has 4 rings (SSSR count). The topological polar surface area (TPSA) is 71.2 Å². The van der Waals surface area contributed by atoms with E-state index in [1.165, 1.54) is 0 Å². The number of H-pyrrole nitrogens is 1. The number of carbonyl (C=O) groups is 2. The van der Waals surface area contributed by atoms with Gasteiger partial charge in [0.25, 0.3) is 5.91 Å². The number of ether oxygens (including phenoxy) is 1. The van der Waals surface area contributed by atoms with E-state index in [0.717, 1.165) is 27.2 Å². The molecule has 3 aromatic carbocycles. The fourth-order valence-electron chi connectivity index (χ4n) is 3.29. The molecule has 0 bridgehead atoms. The Bertz CT molecular complexity index is 1160. The summed E-state index contributed by atoms with van der Waals surface area (Å²) in [5.41, 5.74) is 2.51. The van der Waals surface area contributed by atoms with Crippen molar-refractivity contribution in [2.45, 2.75) is 19.4 Å². The van der Waals surface area contributed by atoms with E-state index in [9.17, 15) is 9.59 Å². The third-order valence-electron chi connectivity index (χ3n) is 4.73.